The Labute approximate surface area is 189 Å². The van der Waals surface area contributed by atoms with Crippen LogP contribution in [0.5, 0.6) is 0 Å². The first-order chi connectivity index (χ1) is 15.3. The highest BCUT2D eigenvalue weighted by Gasteiger charge is 2.27. The summed E-state index contributed by atoms with van der Waals surface area (Å²) < 4.78 is 18.8. The molecule has 2 aromatic carbocycles. The molecule has 0 aliphatic carbocycles. The molecule has 5 N–H and O–H groups in total. The summed E-state index contributed by atoms with van der Waals surface area (Å²) in [5, 5.41) is 3.20. The summed E-state index contributed by atoms with van der Waals surface area (Å²) >= 11 is 1.04. The number of nitrogen functional groups attached to an aromatic ring is 1. The summed E-state index contributed by atoms with van der Waals surface area (Å²) in [4.78, 5) is 31.0. The van der Waals surface area contributed by atoms with Gasteiger partial charge >= 0.3 is 0 Å². The summed E-state index contributed by atoms with van der Waals surface area (Å²) in [5.74, 6) is -1.28. The largest absolute Gasteiger partial charge is 0.382 e. The van der Waals surface area contributed by atoms with Gasteiger partial charge in [0.1, 0.15) is 22.6 Å². The summed E-state index contributed by atoms with van der Waals surface area (Å²) in [6.07, 6.45) is 0. The van der Waals surface area contributed by atoms with Crippen LogP contribution >= 0.6 is 11.3 Å². The molecule has 3 aromatic rings. The highest BCUT2D eigenvalue weighted by atomic mass is 32.1. The lowest BCUT2D eigenvalue weighted by Gasteiger charge is -2.26. The van der Waals surface area contributed by atoms with Crippen LogP contribution in [0.2, 0.25) is 0 Å². The van der Waals surface area contributed by atoms with Crippen molar-refractivity contribution in [1.29, 1.82) is 0 Å². The number of rotatable bonds is 10. The van der Waals surface area contributed by atoms with Gasteiger partial charge in [-0.25, -0.2) is 9.37 Å². The maximum absolute atomic E-state index is 13.4. The fraction of sp³-hybridized carbons (Fsp3) is 0.227. The first-order valence-electron chi connectivity index (χ1n) is 9.78. The first-order valence-corrected chi connectivity index (χ1v) is 10.6. The summed E-state index contributed by atoms with van der Waals surface area (Å²) in [5.41, 5.74) is 13.4. The van der Waals surface area contributed by atoms with Crippen LogP contribution in [0.25, 0.3) is 0 Å². The van der Waals surface area contributed by atoms with Gasteiger partial charge in [-0.2, -0.15) is 0 Å². The van der Waals surface area contributed by atoms with Gasteiger partial charge in [0.15, 0.2) is 5.13 Å². The SMILES string of the molecule is CNCOCc1ccc(C(=O)c2sc(N(c3ccc(F)cc3)C(C)C(N)=O)nc2N)cc1. The van der Waals surface area contributed by atoms with Crippen LogP contribution in [-0.2, 0) is 16.1 Å². The number of nitrogens with zero attached hydrogens (tertiary/aromatic N) is 2. The molecule has 1 unspecified atom stereocenters. The van der Waals surface area contributed by atoms with Crippen molar-refractivity contribution in [2.24, 2.45) is 5.73 Å². The molecule has 0 fully saturated rings. The molecular weight excluding hydrogens is 433 g/mol. The smallest absolute Gasteiger partial charge is 0.240 e. The molecule has 0 radical (unpaired) electrons. The molecule has 8 nitrogen and oxygen atoms in total. The lowest BCUT2D eigenvalue weighted by Crippen LogP contribution is -2.39. The number of carbonyl (C=O) groups excluding carboxylic acids is 2. The molecule has 1 heterocycles. The molecule has 10 heteroatoms. The molecule has 1 amide bonds. The summed E-state index contributed by atoms with van der Waals surface area (Å²) in [6, 6.07) is 11.7. The number of anilines is 3. The molecule has 0 aliphatic rings. The highest BCUT2D eigenvalue weighted by Crippen LogP contribution is 2.36. The van der Waals surface area contributed by atoms with E-state index in [4.69, 9.17) is 16.2 Å². The van der Waals surface area contributed by atoms with Crippen LogP contribution in [0.4, 0.5) is 21.0 Å². The lowest BCUT2D eigenvalue weighted by molar-refractivity contribution is -0.118. The molecule has 0 aliphatic heterocycles. The number of ketones is 1. The Balaban J connectivity index is 1.89. The number of carbonyl (C=O) groups is 2. The lowest BCUT2D eigenvalue weighted by atomic mass is 10.1. The van der Waals surface area contributed by atoms with Crippen molar-refractivity contribution in [2.75, 3.05) is 24.4 Å². The minimum atomic E-state index is -0.800. The van der Waals surface area contributed by atoms with Crippen molar-refractivity contribution in [3.8, 4) is 0 Å². The summed E-state index contributed by atoms with van der Waals surface area (Å²) in [6.45, 7) is 2.44. The van der Waals surface area contributed by atoms with E-state index in [1.54, 1.807) is 38.2 Å². The Hall–Kier alpha value is -3.34. The van der Waals surface area contributed by atoms with Gasteiger partial charge in [0.05, 0.1) is 13.3 Å². The number of ether oxygens (including phenoxy) is 1. The molecule has 32 heavy (non-hydrogen) atoms. The number of hydrogen-bond donors (Lipinski definition) is 3. The van der Waals surface area contributed by atoms with Gasteiger partial charge in [-0.15, -0.1) is 0 Å². The molecule has 168 valence electrons. The van der Waals surface area contributed by atoms with E-state index < -0.39 is 17.8 Å². The molecule has 3 rings (SSSR count). The van der Waals surface area contributed by atoms with Crippen LogP contribution in [0.1, 0.15) is 27.7 Å². The number of amides is 1. The molecule has 0 spiro atoms. The molecule has 0 bridgehead atoms. The van der Waals surface area contributed by atoms with Gasteiger partial charge in [-0.3, -0.25) is 14.9 Å². The minimum Gasteiger partial charge on any atom is -0.382 e. The van der Waals surface area contributed by atoms with E-state index in [-0.39, 0.29) is 16.5 Å². The fourth-order valence-corrected chi connectivity index (χ4v) is 4.02. The van der Waals surface area contributed by atoms with Gasteiger partial charge in [0.25, 0.3) is 0 Å². The van der Waals surface area contributed by atoms with E-state index >= 15 is 0 Å². The highest BCUT2D eigenvalue weighted by molar-refractivity contribution is 7.18. The van der Waals surface area contributed by atoms with Gasteiger partial charge < -0.3 is 21.1 Å². The van der Waals surface area contributed by atoms with Crippen molar-refractivity contribution >= 4 is 39.7 Å². The first kappa shape index (κ1) is 23.3. The molecule has 1 atom stereocenters. The van der Waals surface area contributed by atoms with E-state index in [9.17, 15) is 14.0 Å². The molecule has 1 aromatic heterocycles. The number of primary amides is 1. The van der Waals surface area contributed by atoms with Gasteiger partial charge in [-0.1, -0.05) is 35.6 Å². The maximum atomic E-state index is 13.4. The third-order valence-electron chi connectivity index (χ3n) is 4.69. The Morgan fingerprint density at radius 1 is 1.19 bits per heavy atom. The van der Waals surface area contributed by atoms with Crippen LogP contribution in [0.3, 0.4) is 0 Å². The Bertz CT molecular complexity index is 1090. The Kier molecular flexibility index (Phi) is 7.52. The Morgan fingerprint density at radius 2 is 1.84 bits per heavy atom. The second kappa shape index (κ2) is 10.3. The minimum absolute atomic E-state index is 0.0419. The number of hydrogen-bond acceptors (Lipinski definition) is 8. The van der Waals surface area contributed by atoms with E-state index in [1.165, 1.54) is 29.2 Å². The number of nitrogens with one attached hydrogen (secondary N) is 1. The van der Waals surface area contributed by atoms with Gasteiger partial charge in [0.2, 0.25) is 11.7 Å². The van der Waals surface area contributed by atoms with Crippen LogP contribution < -0.4 is 21.7 Å². The van der Waals surface area contributed by atoms with Crippen molar-refractivity contribution < 1.29 is 18.7 Å². The average molecular weight is 458 g/mol. The average Bonchev–Trinajstić information content (AvgIpc) is 3.16. The third kappa shape index (κ3) is 5.28. The molecule has 0 saturated carbocycles. The normalized spacial score (nSPS) is 11.8. The van der Waals surface area contributed by atoms with Crippen LogP contribution in [-0.4, -0.2) is 36.5 Å². The zero-order valence-electron chi connectivity index (χ0n) is 17.7. The van der Waals surface area contributed by atoms with Crippen molar-refractivity contribution in [3.05, 3.63) is 70.4 Å². The monoisotopic (exact) mass is 457 g/mol. The van der Waals surface area contributed by atoms with E-state index in [0.29, 0.717) is 29.7 Å². The second-order valence-electron chi connectivity index (χ2n) is 7.01. The molecule has 0 saturated heterocycles. The topological polar surface area (TPSA) is 124 Å². The van der Waals surface area contributed by atoms with Crippen molar-refractivity contribution in [2.45, 2.75) is 19.6 Å². The number of nitrogens with two attached hydrogens (primary N) is 2. The number of halogens is 1. The van der Waals surface area contributed by atoms with Crippen molar-refractivity contribution in [3.63, 3.8) is 0 Å². The third-order valence-corrected chi connectivity index (χ3v) is 5.76. The predicted octanol–water partition coefficient (Wildman–Crippen LogP) is 2.80. The number of thiazole rings is 1. The fourth-order valence-electron chi connectivity index (χ4n) is 2.97. The number of benzene rings is 2. The van der Waals surface area contributed by atoms with Crippen LogP contribution in [0.15, 0.2) is 48.5 Å². The Morgan fingerprint density at radius 3 is 2.44 bits per heavy atom. The predicted molar refractivity (Wildman–Crippen MR) is 122 cm³/mol. The quantitative estimate of drug-likeness (QED) is 0.243. The van der Waals surface area contributed by atoms with Gasteiger partial charge in [0, 0.05) is 11.3 Å². The summed E-state index contributed by atoms with van der Waals surface area (Å²) in [7, 11) is 1.79. The van der Waals surface area contributed by atoms with E-state index in [1.807, 2.05) is 0 Å². The zero-order chi connectivity index (χ0) is 23.3. The molecular formula is C22H24FN5O3S. The number of aromatic nitrogens is 1. The van der Waals surface area contributed by atoms with E-state index in [0.717, 1.165) is 16.9 Å². The van der Waals surface area contributed by atoms with Gasteiger partial charge in [-0.05, 0) is 43.8 Å². The van der Waals surface area contributed by atoms with E-state index in [2.05, 4.69) is 10.3 Å². The van der Waals surface area contributed by atoms with Crippen molar-refractivity contribution in [1.82, 2.24) is 10.3 Å². The second-order valence-corrected chi connectivity index (χ2v) is 7.99. The van der Waals surface area contributed by atoms with Crippen LogP contribution in [0, 0.1) is 5.82 Å². The maximum Gasteiger partial charge on any atom is 0.240 e. The zero-order valence-corrected chi connectivity index (χ0v) is 18.5. The standard InChI is InChI=1S/C22H24FN5O3S/c1-13(21(25)30)28(17-9-7-16(23)8-10-17)22-27-20(24)19(32-22)18(29)15-5-3-14(4-6-15)11-31-12-26-2/h3-10,13,26H,11-12,24H2,1-2H3,(H2,25,30).